The number of carbonyl (C=O) groups is 1. The Balaban J connectivity index is 2.57. The number of hydrazine groups is 1. The lowest BCUT2D eigenvalue weighted by Crippen LogP contribution is -2.34. The fourth-order valence-electron chi connectivity index (χ4n) is 1.00. The van der Waals surface area contributed by atoms with Crippen molar-refractivity contribution in [1.29, 1.82) is 0 Å². The molecule has 0 fully saturated rings. The molecule has 0 aliphatic heterocycles. The van der Waals surface area contributed by atoms with E-state index in [1.807, 2.05) is 0 Å². The molecule has 0 atom stereocenters. The van der Waals surface area contributed by atoms with Crippen LogP contribution in [0.2, 0.25) is 0 Å². The summed E-state index contributed by atoms with van der Waals surface area (Å²) in [5.41, 5.74) is 3.34. The molecule has 1 N–H and O–H groups in total. The maximum absolute atomic E-state index is 12.5. The molecule has 0 aliphatic rings. The lowest BCUT2D eigenvalue weighted by Gasteiger charge is -2.08. The quantitative estimate of drug-likeness (QED) is 0.602. The highest BCUT2D eigenvalue weighted by atomic mass is 19.1. The highest BCUT2D eigenvalue weighted by Crippen LogP contribution is 2.04. The Labute approximate surface area is 88.2 Å². The van der Waals surface area contributed by atoms with Crippen molar-refractivity contribution < 1.29 is 9.18 Å². The lowest BCUT2D eigenvalue weighted by molar-refractivity contribution is -0.119. The Morgan fingerprint density at radius 3 is 2.47 bits per heavy atom. The summed E-state index contributed by atoms with van der Waals surface area (Å²) in [6, 6.07) is 5.91. The summed E-state index contributed by atoms with van der Waals surface area (Å²) in [6.45, 7) is 0. The maximum atomic E-state index is 12.5. The highest BCUT2D eigenvalue weighted by Gasteiger charge is 1.95. The Morgan fingerprint density at radius 2 is 1.93 bits per heavy atom. The summed E-state index contributed by atoms with van der Waals surface area (Å²) in [5.74, 6) is -0.505. The van der Waals surface area contributed by atoms with Gasteiger partial charge in [0, 0.05) is 20.2 Å². The zero-order valence-corrected chi connectivity index (χ0v) is 8.70. The molecule has 0 radical (unpaired) electrons. The van der Waals surface area contributed by atoms with Gasteiger partial charge in [-0.2, -0.15) is 0 Å². The van der Waals surface area contributed by atoms with E-state index in [-0.39, 0.29) is 11.7 Å². The van der Waals surface area contributed by atoms with Crippen molar-refractivity contribution in [3.8, 4) is 0 Å². The number of amides is 1. The van der Waals surface area contributed by atoms with Gasteiger partial charge in [-0.15, -0.1) is 0 Å². The highest BCUT2D eigenvalue weighted by molar-refractivity contribution is 5.91. The second-order valence-corrected chi connectivity index (χ2v) is 3.26. The number of hydrogen-bond donors (Lipinski definition) is 1. The van der Waals surface area contributed by atoms with Gasteiger partial charge >= 0.3 is 0 Å². The molecule has 3 nitrogen and oxygen atoms in total. The minimum Gasteiger partial charge on any atom is -0.286 e. The third kappa shape index (κ3) is 4.37. The van der Waals surface area contributed by atoms with Crippen molar-refractivity contribution in [2.75, 3.05) is 14.1 Å². The van der Waals surface area contributed by atoms with Crippen LogP contribution in [0.3, 0.4) is 0 Å². The third-order valence-corrected chi connectivity index (χ3v) is 1.63. The topological polar surface area (TPSA) is 32.3 Å². The number of nitrogens with one attached hydrogen (secondary N) is 1. The smallest absolute Gasteiger partial charge is 0.258 e. The number of benzene rings is 1. The Kier molecular flexibility index (Phi) is 4.00. The van der Waals surface area contributed by atoms with Gasteiger partial charge in [0.2, 0.25) is 0 Å². The predicted molar refractivity (Wildman–Crippen MR) is 57.3 cm³/mol. The molecule has 0 bridgehead atoms. The predicted octanol–water partition coefficient (Wildman–Crippen LogP) is 1.43. The van der Waals surface area contributed by atoms with E-state index in [4.69, 9.17) is 0 Å². The van der Waals surface area contributed by atoms with Crippen LogP contribution in [0, 0.1) is 5.82 Å². The summed E-state index contributed by atoms with van der Waals surface area (Å²) in [5, 5.41) is 1.55. The van der Waals surface area contributed by atoms with Crippen molar-refractivity contribution in [3.63, 3.8) is 0 Å². The van der Waals surface area contributed by atoms with Gasteiger partial charge in [-0.1, -0.05) is 12.1 Å². The van der Waals surface area contributed by atoms with Crippen LogP contribution in [0.5, 0.6) is 0 Å². The Bertz CT molecular complexity index is 357. The number of carbonyl (C=O) groups excluding carboxylic acids is 1. The third-order valence-electron chi connectivity index (χ3n) is 1.63. The summed E-state index contributed by atoms with van der Waals surface area (Å²) in [7, 11) is 3.45. The summed E-state index contributed by atoms with van der Waals surface area (Å²) in [6.07, 6.45) is 3.02. The van der Waals surface area contributed by atoms with Gasteiger partial charge in [-0.25, -0.2) is 9.40 Å². The van der Waals surface area contributed by atoms with E-state index in [2.05, 4.69) is 5.43 Å². The fraction of sp³-hybridized carbons (Fsp3) is 0.182. The minimum absolute atomic E-state index is 0.218. The van der Waals surface area contributed by atoms with Gasteiger partial charge in [0.25, 0.3) is 5.91 Å². The minimum atomic E-state index is -0.287. The van der Waals surface area contributed by atoms with Gasteiger partial charge in [0.05, 0.1) is 0 Å². The van der Waals surface area contributed by atoms with Crippen molar-refractivity contribution in [2.24, 2.45) is 0 Å². The second-order valence-electron chi connectivity index (χ2n) is 3.26. The van der Waals surface area contributed by atoms with Crippen LogP contribution in [0.4, 0.5) is 4.39 Å². The number of nitrogens with zero attached hydrogens (tertiary/aromatic N) is 1. The molecule has 1 amide bonds. The first kappa shape index (κ1) is 11.4. The standard InChI is InChI=1S/C11H13FN2O/c1-14(2)13-11(15)8-5-9-3-6-10(12)7-4-9/h3-8H,1-2H3,(H,13,15)/b8-5+. The summed E-state index contributed by atoms with van der Waals surface area (Å²) in [4.78, 5) is 11.2. The molecule has 1 rings (SSSR count). The molecular formula is C11H13FN2O. The van der Waals surface area contributed by atoms with E-state index in [9.17, 15) is 9.18 Å². The van der Waals surface area contributed by atoms with Gasteiger partial charge in [-0.3, -0.25) is 10.2 Å². The number of rotatable bonds is 3. The summed E-state index contributed by atoms with van der Waals surface area (Å²) < 4.78 is 12.5. The van der Waals surface area contributed by atoms with Crippen LogP contribution in [0.1, 0.15) is 5.56 Å². The Hall–Kier alpha value is -1.68. The van der Waals surface area contributed by atoms with E-state index in [0.717, 1.165) is 5.56 Å². The molecular weight excluding hydrogens is 195 g/mol. The molecule has 0 saturated heterocycles. The average Bonchev–Trinajstić information content (AvgIpc) is 2.16. The number of halogens is 1. The molecule has 0 heterocycles. The molecule has 4 heteroatoms. The average molecular weight is 208 g/mol. The van der Waals surface area contributed by atoms with Crippen LogP contribution < -0.4 is 5.43 Å². The first-order valence-electron chi connectivity index (χ1n) is 4.49. The van der Waals surface area contributed by atoms with E-state index in [1.54, 1.807) is 37.3 Å². The summed E-state index contributed by atoms with van der Waals surface area (Å²) >= 11 is 0. The second kappa shape index (κ2) is 5.26. The van der Waals surface area contributed by atoms with Crippen LogP contribution >= 0.6 is 0 Å². The SMILES string of the molecule is CN(C)NC(=O)/C=C/c1ccc(F)cc1. The monoisotopic (exact) mass is 208 g/mol. The van der Waals surface area contributed by atoms with Crippen molar-refractivity contribution in [1.82, 2.24) is 10.4 Å². The van der Waals surface area contributed by atoms with Crippen LogP contribution in [-0.2, 0) is 4.79 Å². The van der Waals surface area contributed by atoms with Gasteiger partial charge in [-0.05, 0) is 23.8 Å². The fourth-order valence-corrected chi connectivity index (χ4v) is 1.00. The molecule has 1 aromatic rings. The molecule has 15 heavy (non-hydrogen) atoms. The Morgan fingerprint density at radius 1 is 1.33 bits per heavy atom. The van der Waals surface area contributed by atoms with Crippen LogP contribution in [0.25, 0.3) is 6.08 Å². The largest absolute Gasteiger partial charge is 0.286 e. The van der Waals surface area contributed by atoms with Crippen molar-refractivity contribution in [3.05, 3.63) is 41.7 Å². The van der Waals surface area contributed by atoms with Gasteiger partial charge in [0.1, 0.15) is 5.82 Å². The number of hydrogen-bond acceptors (Lipinski definition) is 2. The van der Waals surface area contributed by atoms with Gasteiger partial charge in [0.15, 0.2) is 0 Å². The van der Waals surface area contributed by atoms with Gasteiger partial charge < -0.3 is 0 Å². The molecule has 0 aromatic heterocycles. The normalized spacial score (nSPS) is 10.9. The van der Waals surface area contributed by atoms with Crippen molar-refractivity contribution >= 4 is 12.0 Å². The maximum Gasteiger partial charge on any atom is 0.258 e. The van der Waals surface area contributed by atoms with Crippen LogP contribution in [0.15, 0.2) is 30.3 Å². The first-order valence-corrected chi connectivity index (χ1v) is 4.49. The molecule has 0 unspecified atom stereocenters. The van der Waals surface area contributed by atoms with E-state index >= 15 is 0 Å². The molecule has 0 aliphatic carbocycles. The molecule has 80 valence electrons. The lowest BCUT2D eigenvalue weighted by atomic mass is 10.2. The van der Waals surface area contributed by atoms with Crippen LogP contribution in [-0.4, -0.2) is 25.0 Å². The zero-order chi connectivity index (χ0) is 11.3. The van der Waals surface area contributed by atoms with E-state index in [0.29, 0.717) is 0 Å². The van der Waals surface area contributed by atoms with E-state index < -0.39 is 0 Å². The first-order chi connectivity index (χ1) is 7.08. The molecule has 0 spiro atoms. The van der Waals surface area contributed by atoms with E-state index in [1.165, 1.54) is 18.2 Å². The molecule has 0 saturated carbocycles. The zero-order valence-electron chi connectivity index (χ0n) is 8.70. The van der Waals surface area contributed by atoms with Crippen molar-refractivity contribution in [2.45, 2.75) is 0 Å². The molecule has 1 aromatic carbocycles.